The van der Waals surface area contributed by atoms with Gasteiger partial charge in [0.2, 0.25) is 0 Å². The highest BCUT2D eigenvalue weighted by Crippen LogP contribution is 2.25. The third-order valence-electron chi connectivity index (χ3n) is 4.36. The van der Waals surface area contributed by atoms with Gasteiger partial charge < -0.3 is 5.32 Å². The van der Waals surface area contributed by atoms with Gasteiger partial charge in [-0.3, -0.25) is 9.78 Å². The van der Waals surface area contributed by atoms with Crippen LogP contribution in [0.4, 0.5) is 0 Å². The zero-order valence-electron chi connectivity index (χ0n) is 16.2. The Morgan fingerprint density at radius 3 is 2.60 bits per heavy atom. The van der Waals surface area contributed by atoms with Crippen LogP contribution >= 0.6 is 23.1 Å². The van der Waals surface area contributed by atoms with Crippen molar-refractivity contribution in [3.8, 4) is 11.3 Å². The molecule has 30 heavy (non-hydrogen) atoms. The maximum absolute atomic E-state index is 12.4. The van der Waals surface area contributed by atoms with Gasteiger partial charge in [0.15, 0.2) is 0 Å². The van der Waals surface area contributed by atoms with Crippen LogP contribution in [0.1, 0.15) is 21.8 Å². The molecule has 1 N–H and O–H groups in total. The molecular formula is C23H20N4OS2. The normalized spacial score (nSPS) is 10.7. The van der Waals surface area contributed by atoms with E-state index in [1.54, 1.807) is 41.7 Å². The molecule has 3 heterocycles. The first kappa shape index (κ1) is 20.3. The summed E-state index contributed by atoms with van der Waals surface area (Å²) in [5, 5.41) is 7.06. The number of hydrogen-bond donors (Lipinski definition) is 1. The Bertz CT molecular complexity index is 1080. The molecule has 150 valence electrons. The third-order valence-corrected chi connectivity index (χ3v) is 6.22. The predicted molar refractivity (Wildman–Crippen MR) is 121 cm³/mol. The van der Waals surface area contributed by atoms with Gasteiger partial charge in [-0.15, -0.1) is 11.3 Å². The largest absolute Gasteiger partial charge is 0.352 e. The van der Waals surface area contributed by atoms with Crippen molar-refractivity contribution in [2.45, 2.75) is 22.8 Å². The van der Waals surface area contributed by atoms with E-state index >= 15 is 0 Å². The number of aromatic nitrogens is 3. The highest BCUT2D eigenvalue weighted by atomic mass is 32.2. The van der Waals surface area contributed by atoms with Crippen LogP contribution in [0, 0.1) is 0 Å². The highest BCUT2D eigenvalue weighted by Gasteiger charge is 2.07. The number of benzene rings is 1. The van der Waals surface area contributed by atoms with Gasteiger partial charge in [-0.1, -0.05) is 17.8 Å². The van der Waals surface area contributed by atoms with Crippen molar-refractivity contribution >= 4 is 29.0 Å². The lowest BCUT2D eigenvalue weighted by Crippen LogP contribution is -2.24. The number of amides is 1. The maximum atomic E-state index is 12.4. The van der Waals surface area contributed by atoms with E-state index in [-0.39, 0.29) is 5.91 Å². The van der Waals surface area contributed by atoms with E-state index in [4.69, 9.17) is 0 Å². The molecule has 1 aromatic carbocycles. The van der Waals surface area contributed by atoms with Crippen molar-refractivity contribution in [2.24, 2.45) is 0 Å². The second kappa shape index (κ2) is 10.1. The molecule has 0 saturated heterocycles. The van der Waals surface area contributed by atoms with Crippen LogP contribution in [-0.2, 0) is 6.42 Å². The Hall–Kier alpha value is -3.03. The predicted octanol–water partition coefficient (Wildman–Crippen LogP) is 5.11. The van der Waals surface area contributed by atoms with Crippen molar-refractivity contribution in [3.63, 3.8) is 0 Å². The topological polar surface area (TPSA) is 67.8 Å². The molecule has 0 radical (unpaired) electrons. The number of nitrogens with one attached hydrogen (secondary N) is 1. The van der Waals surface area contributed by atoms with Gasteiger partial charge in [-0.25, -0.2) is 9.97 Å². The van der Waals surface area contributed by atoms with Crippen molar-refractivity contribution in [3.05, 3.63) is 89.1 Å². The molecule has 0 atom stereocenters. The molecule has 0 fully saturated rings. The maximum Gasteiger partial charge on any atom is 0.251 e. The van der Waals surface area contributed by atoms with Gasteiger partial charge in [0.05, 0.1) is 10.7 Å². The zero-order valence-corrected chi connectivity index (χ0v) is 17.8. The van der Waals surface area contributed by atoms with Crippen LogP contribution < -0.4 is 5.32 Å². The van der Waals surface area contributed by atoms with Crippen LogP contribution in [-0.4, -0.2) is 27.4 Å². The summed E-state index contributed by atoms with van der Waals surface area (Å²) >= 11 is 3.23. The number of rotatable bonds is 8. The second-order valence-corrected chi connectivity index (χ2v) is 8.55. The molecule has 0 saturated carbocycles. The summed E-state index contributed by atoms with van der Waals surface area (Å²) in [6, 6.07) is 17.3. The minimum Gasteiger partial charge on any atom is -0.352 e. The lowest BCUT2D eigenvalue weighted by atomic mass is 10.2. The molecule has 0 aliphatic rings. The molecule has 7 heteroatoms. The number of hydrogen-bond acceptors (Lipinski definition) is 6. The standard InChI is InChI=1S/C23H20N4OS2/c28-23(18-6-8-19(9-7-18)30-21-4-1-2-12-25-21)26-13-3-5-22-27-20(16-29-22)17-10-14-24-15-11-17/h1-2,4,6-12,14-16H,3,5,13H2,(H,26,28). The monoisotopic (exact) mass is 432 g/mol. The van der Waals surface area contributed by atoms with Crippen LogP contribution in [0.3, 0.4) is 0 Å². The van der Waals surface area contributed by atoms with Crippen LogP contribution in [0.5, 0.6) is 0 Å². The molecule has 0 aliphatic heterocycles. The molecule has 0 spiro atoms. The molecular weight excluding hydrogens is 412 g/mol. The number of pyridine rings is 2. The summed E-state index contributed by atoms with van der Waals surface area (Å²) in [4.78, 5) is 26.4. The lowest BCUT2D eigenvalue weighted by molar-refractivity contribution is 0.0953. The number of nitrogens with zero attached hydrogens (tertiary/aromatic N) is 3. The summed E-state index contributed by atoms with van der Waals surface area (Å²) < 4.78 is 0. The van der Waals surface area contributed by atoms with Crippen molar-refractivity contribution in [1.29, 1.82) is 0 Å². The summed E-state index contributed by atoms with van der Waals surface area (Å²) in [6.07, 6.45) is 7.01. The van der Waals surface area contributed by atoms with E-state index in [1.165, 1.54) is 0 Å². The van der Waals surface area contributed by atoms with Crippen LogP contribution in [0.2, 0.25) is 0 Å². The summed E-state index contributed by atoms with van der Waals surface area (Å²) in [5.74, 6) is -0.0546. The van der Waals surface area contributed by atoms with E-state index in [0.717, 1.165) is 39.0 Å². The van der Waals surface area contributed by atoms with E-state index in [9.17, 15) is 4.79 Å². The molecule has 0 bridgehead atoms. The Kier molecular flexibility index (Phi) is 6.84. The summed E-state index contributed by atoms with van der Waals surface area (Å²) in [6.45, 7) is 0.618. The first-order chi connectivity index (χ1) is 14.8. The Labute approximate surface area is 183 Å². The smallest absolute Gasteiger partial charge is 0.251 e. The number of carbonyl (C=O) groups is 1. The minimum absolute atomic E-state index is 0.0546. The van der Waals surface area contributed by atoms with E-state index in [0.29, 0.717) is 12.1 Å². The zero-order chi connectivity index (χ0) is 20.6. The van der Waals surface area contributed by atoms with Gasteiger partial charge in [-0.2, -0.15) is 0 Å². The highest BCUT2D eigenvalue weighted by molar-refractivity contribution is 7.99. The molecule has 5 nitrogen and oxygen atoms in total. The number of carbonyl (C=O) groups excluding carboxylic acids is 1. The third kappa shape index (κ3) is 5.52. The SMILES string of the molecule is O=C(NCCCc1nc(-c2ccncc2)cs1)c1ccc(Sc2ccccn2)cc1. The lowest BCUT2D eigenvalue weighted by Gasteiger charge is -2.06. The van der Waals surface area contributed by atoms with E-state index < -0.39 is 0 Å². The first-order valence-corrected chi connectivity index (χ1v) is 11.3. The van der Waals surface area contributed by atoms with Gasteiger partial charge in [0.1, 0.15) is 5.03 Å². The van der Waals surface area contributed by atoms with Crippen molar-refractivity contribution in [1.82, 2.24) is 20.3 Å². The molecule has 0 aliphatic carbocycles. The molecule has 4 rings (SSSR count). The fourth-order valence-electron chi connectivity index (χ4n) is 2.83. The van der Waals surface area contributed by atoms with Gasteiger partial charge in [0.25, 0.3) is 5.91 Å². The Morgan fingerprint density at radius 1 is 1.00 bits per heavy atom. The van der Waals surface area contributed by atoms with E-state index in [2.05, 4.69) is 25.6 Å². The first-order valence-electron chi connectivity index (χ1n) is 9.60. The molecule has 4 aromatic rings. The molecule has 3 aromatic heterocycles. The Morgan fingerprint density at radius 2 is 1.83 bits per heavy atom. The summed E-state index contributed by atoms with van der Waals surface area (Å²) in [5.41, 5.74) is 2.71. The fourth-order valence-corrected chi connectivity index (χ4v) is 4.45. The van der Waals surface area contributed by atoms with Crippen LogP contribution in [0.15, 0.2) is 88.5 Å². The Balaban J connectivity index is 1.23. The van der Waals surface area contributed by atoms with E-state index in [1.807, 2.05) is 54.6 Å². The average Bonchev–Trinajstić information content (AvgIpc) is 3.27. The fraction of sp³-hybridized carbons (Fsp3) is 0.130. The average molecular weight is 433 g/mol. The minimum atomic E-state index is -0.0546. The number of thiazole rings is 1. The number of aryl methyl sites for hydroxylation is 1. The molecule has 1 amide bonds. The van der Waals surface area contributed by atoms with Gasteiger partial charge >= 0.3 is 0 Å². The van der Waals surface area contributed by atoms with Crippen molar-refractivity contribution < 1.29 is 4.79 Å². The van der Waals surface area contributed by atoms with Crippen LogP contribution in [0.25, 0.3) is 11.3 Å². The van der Waals surface area contributed by atoms with Crippen molar-refractivity contribution in [2.75, 3.05) is 6.54 Å². The summed E-state index contributed by atoms with van der Waals surface area (Å²) in [7, 11) is 0. The second-order valence-electron chi connectivity index (χ2n) is 6.52. The quantitative estimate of drug-likeness (QED) is 0.392. The van der Waals surface area contributed by atoms with Gasteiger partial charge in [-0.05, 0) is 55.0 Å². The molecule has 0 unspecified atom stereocenters. The van der Waals surface area contributed by atoms with Gasteiger partial charge in [0, 0.05) is 53.0 Å².